The second-order valence-corrected chi connectivity index (χ2v) is 8.62. The predicted molar refractivity (Wildman–Crippen MR) is 101 cm³/mol. The number of hydrogen-bond acceptors (Lipinski definition) is 6. The predicted octanol–water partition coefficient (Wildman–Crippen LogP) is 4.78. The van der Waals surface area contributed by atoms with Crippen molar-refractivity contribution >= 4 is 43.4 Å². The third-order valence-corrected chi connectivity index (χ3v) is 4.39. The highest BCUT2D eigenvalue weighted by Crippen LogP contribution is 2.28. The lowest BCUT2D eigenvalue weighted by Gasteiger charge is -2.11. The summed E-state index contributed by atoms with van der Waals surface area (Å²) in [6.07, 6.45) is 0. The Hall–Kier alpha value is -1.54. The number of thiazole rings is 1. The maximum absolute atomic E-state index is 10.9. The van der Waals surface area contributed by atoms with E-state index in [1.807, 2.05) is 6.07 Å². The molecule has 1 heterocycles. The van der Waals surface area contributed by atoms with Gasteiger partial charge in [-0.2, -0.15) is 0 Å². The summed E-state index contributed by atoms with van der Waals surface area (Å²) in [7, 11) is 0. The summed E-state index contributed by atoms with van der Waals surface area (Å²) in [4.78, 5) is 28.9. The number of fused-ring (bicyclic) bond motifs is 1. The zero-order valence-electron chi connectivity index (χ0n) is 14.4. The molecule has 2 rings (SSSR count). The molecule has 1 atom stereocenters. The minimum atomic E-state index is -0.429. The summed E-state index contributed by atoms with van der Waals surface area (Å²) in [5.74, 6) is 0.322. The number of rotatable bonds is 4. The first-order valence-electron chi connectivity index (χ1n) is 7.43. The highest BCUT2D eigenvalue weighted by Gasteiger charge is 2.10. The van der Waals surface area contributed by atoms with Crippen molar-refractivity contribution in [3.05, 3.63) is 32.6 Å². The van der Waals surface area contributed by atoms with Gasteiger partial charge >= 0.3 is 0 Å². The van der Waals surface area contributed by atoms with E-state index in [2.05, 4.69) is 55.5 Å². The van der Waals surface area contributed by atoms with Crippen LogP contribution in [-0.2, 0) is 9.63 Å². The molecular formula is C16H22BrN3O3S. The highest BCUT2D eigenvalue weighted by molar-refractivity contribution is 9.11. The monoisotopic (exact) mass is 415 g/mol. The van der Waals surface area contributed by atoms with Crippen molar-refractivity contribution in [1.29, 1.82) is 0 Å². The van der Waals surface area contributed by atoms with Crippen LogP contribution in [0, 0.1) is 4.91 Å². The first-order chi connectivity index (χ1) is 11.1. The van der Waals surface area contributed by atoms with Crippen molar-refractivity contribution in [2.24, 2.45) is 5.34 Å². The lowest BCUT2D eigenvalue weighted by molar-refractivity contribution is -0.119. The molecule has 1 amide bonds. The Kier molecular flexibility index (Phi) is 7.75. The van der Waals surface area contributed by atoms with Crippen LogP contribution in [0.5, 0.6) is 0 Å². The molecule has 0 aliphatic carbocycles. The van der Waals surface area contributed by atoms with Gasteiger partial charge in [0, 0.05) is 13.5 Å². The van der Waals surface area contributed by atoms with Crippen LogP contribution in [0.15, 0.2) is 27.5 Å². The molecule has 0 bridgehead atoms. The van der Waals surface area contributed by atoms with Crippen LogP contribution in [0.3, 0.4) is 0 Å². The van der Waals surface area contributed by atoms with Gasteiger partial charge in [-0.3, -0.25) is 4.79 Å². The minimum Gasteiger partial charge on any atom is -0.358 e. The molecule has 0 spiro atoms. The van der Waals surface area contributed by atoms with Crippen LogP contribution in [0.4, 0.5) is 0 Å². The molecule has 0 aliphatic rings. The molecule has 0 fully saturated rings. The summed E-state index contributed by atoms with van der Waals surface area (Å²) in [5.41, 5.74) is 1.81. The molecule has 1 aromatic heterocycles. The van der Waals surface area contributed by atoms with Crippen LogP contribution in [0.2, 0.25) is 0 Å². The fraction of sp³-hybridized carbons (Fsp3) is 0.500. The van der Waals surface area contributed by atoms with Crippen molar-refractivity contribution < 1.29 is 9.63 Å². The first kappa shape index (κ1) is 20.5. The van der Waals surface area contributed by atoms with Gasteiger partial charge in [0.25, 0.3) is 0 Å². The van der Waals surface area contributed by atoms with Crippen molar-refractivity contribution in [2.45, 2.75) is 46.1 Å². The van der Waals surface area contributed by atoms with Crippen LogP contribution in [0.1, 0.15) is 46.1 Å². The Labute approximate surface area is 154 Å². The third kappa shape index (κ3) is 7.35. The van der Waals surface area contributed by atoms with E-state index < -0.39 is 5.60 Å². The van der Waals surface area contributed by atoms with Gasteiger partial charge < -0.3 is 10.2 Å². The van der Waals surface area contributed by atoms with Gasteiger partial charge in [-0.05, 0) is 60.3 Å². The SMILES string of the molecule is CC(=O)NCC(C)c1ccc2nc(Br)sc2c1.CC(C)(C)ON=O. The Morgan fingerprint density at radius 1 is 1.46 bits per heavy atom. The maximum atomic E-state index is 10.9. The topological polar surface area (TPSA) is 80.7 Å². The van der Waals surface area contributed by atoms with E-state index in [4.69, 9.17) is 0 Å². The molecule has 8 heteroatoms. The van der Waals surface area contributed by atoms with Crippen LogP contribution >= 0.6 is 27.3 Å². The second-order valence-electron chi connectivity index (χ2n) is 6.31. The third-order valence-electron chi connectivity index (χ3n) is 2.92. The van der Waals surface area contributed by atoms with E-state index in [-0.39, 0.29) is 5.91 Å². The molecule has 2 aromatic rings. The number of carbonyl (C=O) groups excluding carboxylic acids is 1. The van der Waals surface area contributed by atoms with Crippen molar-refractivity contribution in [1.82, 2.24) is 10.3 Å². The molecule has 24 heavy (non-hydrogen) atoms. The Bertz CT molecular complexity index is 697. The Morgan fingerprint density at radius 3 is 2.62 bits per heavy atom. The lowest BCUT2D eigenvalue weighted by atomic mass is 10.0. The van der Waals surface area contributed by atoms with Gasteiger partial charge in [-0.15, -0.1) is 16.2 Å². The van der Waals surface area contributed by atoms with E-state index in [1.165, 1.54) is 17.2 Å². The molecule has 6 nitrogen and oxygen atoms in total. The van der Waals surface area contributed by atoms with E-state index in [9.17, 15) is 9.70 Å². The van der Waals surface area contributed by atoms with E-state index in [0.29, 0.717) is 12.5 Å². The molecule has 1 unspecified atom stereocenters. The number of nitrogens with zero attached hydrogens (tertiary/aromatic N) is 2. The molecule has 1 aromatic carbocycles. The van der Waals surface area contributed by atoms with Crippen LogP contribution in [-0.4, -0.2) is 23.0 Å². The fourth-order valence-corrected chi connectivity index (χ4v) is 3.20. The smallest absolute Gasteiger partial charge is 0.216 e. The number of halogens is 1. The summed E-state index contributed by atoms with van der Waals surface area (Å²) >= 11 is 5.01. The summed E-state index contributed by atoms with van der Waals surface area (Å²) in [6, 6.07) is 6.24. The Morgan fingerprint density at radius 2 is 2.12 bits per heavy atom. The van der Waals surface area contributed by atoms with Gasteiger partial charge in [0.2, 0.25) is 5.91 Å². The zero-order chi connectivity index (χ0) is 18.3. The van der Waals surface area contributed by atoms with Crippen molar-refractivity contribution in [2.75, 3.05) is 6.54 Å². The number of carbonyl (C=O) groups is 1. The average molecular weight is 416 g/mol. The highest BCUT2D eigenvalue weighted by atomic mass is 79.9. The number of benzene rings is 1. The average Bonchev–Trinajstić information content (AvgIpc) is 2.83. The van der Waals surface area contributed by atoms with Gasteiger partial charge in [0.1, 0.15) is 5.60 Å². The standard InChI is InChI=1S/C12H13BrN2OS.C4H9NO2/c1-7(6-14-8(2)16)9-3-4-10-11(5-9)17-12(13)15-10;1-4(2,3)7-5-6/h3-5,7H,6H2,1-2H3,(H,14,16);1-3H3. The van der Waals surface area contributed by atoms with E-state index >= 15 is 0 Å². The van der Waals surface area contributed by atoms with Crippen molar-refractivity contribution in [3.8, 4) is 0 Å². The molecule has 1 N–H and O–H groups in total. The lowest BCUT2D eigenvalue weighted by Crippen LogP contribution is -2.24. The summed E-state index contributed by atoms with van der Waals surface area (Å²) < 4.78 is 2.07. The molecule has 0 radical (unpaired) electrons. The van der Waals surface area contributed by atoms with Gasteiger partial charge in [-0.25, -0.2) is 4.98 Å². The number of amides is 1. The summed E-state index contributed by atoms with van der Waals surface area (Å²) in [6.45, 7) is 9.58. The van der Waals surface area contributed by atoms with E-state index in [1.54, 1.807) is 32.1 Å². The number of nitrogens with one attached hydrogen (secondary N) is 1. The van der Waals surface area contributed by atoms with Gasteiger partial charge in [0.05, 0.1) is 10.2 Å². The molecule has 0 aliphatic heterocycles. The quantitative estimate of drug-likeness (QED) is 0.575. The summed E-state index contributed by atoms with van der Waals surface area (Å²) in [5, 5.41) is 5.09. The minimum absolute atomic E-state index is 0.0125. The fourth-order valence-electron chi connectivity index (χ4n) is 1.75. The first-order valence-corrected chi connectivity index (χ1v) is 9.04. The Balaban J connectivity index is 0.000000351. The van der Waals surface area contributed by atoms with Gasteiger partial charge in [-0.1, -0.05) is 13.0 Å². The molecule has 0 saturated carbocycles. The van der Waals surface area contributed by atoms with Gasteiger partial charge in [0.15, 0.2) is 9.26 Å². The maximum Gasteiger partial charge on any atom is 0.216 e. The second kappa shape index (κ2) is 9.08. The van der Waals surface area contributed by atoms with Crippen molar-refractivity contribution in [3.63, 3.8) is 0 Å². The van der Waals surface area contributed by atoms with Crippen LogP contribution in [0.25, 0.3) is 10.2 Å². The zero-order valence-corrected chi connectivity index (χ0v) is 16.8. The molecular weight excluding hydrogens is 394 g/mol. The number of hydrogen-bond donors (Lipinski definition) is 1. The molecule has 132 valence electrons. The molecule has 0 saturated heterocycles. The van der Waals surface area contributed by atoms with Crippen LogP contribution < -0.4 is 5.32 Å². The van der Waals surface area contributed by atoms with E-state index in [0.717, 1.165) is 9.43 Å². The largest absolute Gasteiger partial charge is 0.358 e. The number of aromatic nitrogens is 1. The normalized spacial score (nSPS) is 12.1.